The molecule has 5 heterocycles. The Labute approximate surface area is 238 Å². The van der Waals surface area contributed by atoms with Crippen molar-refractivity contribution in [2.24, 2.45) is 0 Å². The zero-order chi connectivity index (χ0) is 29.4. The molecule has 1 aliphatic heterocycles. The molecule has 0 amide bonds. The van der Waals surface area contributed by atoms with Crippen LogP contribution in [0.5, 0.6) is 0 Å². The van der Waals surface area contributed by atoms with Gasteiger partial charge in [-0.1, -0.05) is 0 Å². The van der Waals surface area contributed by atoms with Crippen LogP contribution in [0, 0.1) is 24.1 Å². The smallest absolute Gasteiger partial charge is 0.280 e. The van der Waals surface area contributed by atoms with Gasteiger partial charge >= 0.3 is 0 Å². The van der Waals surface area contributed by atoms with Gasteiger partial charge in [-0.3, -0.25) is 9.47 Å². The lowest BCUT2D eigenvalue weighted by atomic mass is 10.1. The van der Waals surface area contributed by atoms with E-state index in [0.717, 1.165) is 36.4 Å². The fourth-order valence-electron chi connectivity index (χ4n) is 4.80. The van der Waals surface area contributed by atoms with Crippen LogP contribution in [0.2, 0.25) is 0 Å². The Morgan fingerprint density at radius 1 is 1.14 bits per heavy atom. The molecule has 0 bridgehead atoms. The highest BCUT2D eigenvalue weighted by Crippen LogP contribution is 2.28. The highest BCUT2D eigenvalue weighted by atomic mass is 19.3. The largest absolute Gasteiger partial charge is 0.379 e. The van der Waals surface area contributed by atoms with E-state index >= 15 is 4.39 Å². The molecule has 11 nitrogen and oxygen atoms in total. The number of pyridine rings is 1. The van der Waals surface area contributed by atoms with Crippen molar-refractivity contribution in [3.05, 3.63) is 77.3 Å². The van der Waals surface area contributed by atoms with Crippen LogP contribution < -0.4 is 5.32 Å². The maximum Gasteiger partial charge on any atom is 0.280 e. The number of nitrogens with zero attached hydrogens (tertiary/aromatic N) is 9. The number of aryl methyl sites for hydroxylation is 1. The molecule has 1 fully saturated rings. The number of halogens is 3. The van der Waals surface area contributed by atoms with E-state index in [0.29, 0.717) is 28.6 Å². The number of likely N-dealkylation sites (tertiary alicyclic amines) is 1. The first kappa shape index (κ1) is 27.3. The molecule has 6 rings (SSSR count). The van der Waals surface area contributed by atoms with E-state index in [4.69, 9.17) is 4.74 Å². The second-order valence-corrected chi connectivity index (χ2v) is 9.91. The summed E-state index contributed by atoms with van der Waals surface area (Å²) in [5, 5.41) is 25.2. The van der Waals surface area contributed by atoms with E-state index in [1.165, 1.54) is 24.5 Å². The molecule has 1 N–H and O–H groups in total. The molecule has 1 aliphatic rings. The van der Waals surface area contributed by atoms with Crippen LogP contribution in [0.25, 0.3) is 22.7 Å². The van der Waals surface area contributed by atoms with E-state index in [1.54, 1.807) is 36.8 Å². The second kappa shape index (κ2) is 11.2. The van der Waals surface area contributed by atoms with Gasteiger partial charge < -0.3 is 10.1 Å². The van der Waals surface area contributed by atoms with Gasteiger partial charge in [0.05, 0.1) is 39.8 Å². The lowest BCUT2D eigenvalue weighted by Gasteiger charge is -2.37. The number of nitrogens with one attached hydrogen (secondary N) is 1. The average molecular weight is 575 g/mol. The van der Waals surface area contributed by atoms with Gasteiger partial charge in [-0.25, -0.2) is 27.8 Å². The minimum absolute atomic E-state index is 0.0521. The fraction of sp³-hybridized carbons (Fsp3) is 0.286. The van der Waals surface area contributed by atoms with E-state index < -0.39 is 12.2 Å². The number of hydrogen-bond acceptors (Lipinski definition) is 9. The van der Waals surface area contributed by atoms with Crippen LogP contribution in [0.15, 0.2) is 48.8 Å². The van der Waals surface area contributed by atoms with Crippen LogP contribution in [-0.4, -0.2) is 72.3 Å². The first-order chi connectivity index (χ1) is 20.3. The van der Waals surface area contributed by atoms with Crippen molar-refractivity contribution in [2.45, 2.75) is 25.9 Å². The number of ether oxygens (including phenoxy) is 1. The maximum absolute atomic E-state index is 15.0. The van der Waals surface area contributed by atoms with Crippen LogP contribution in [0.4, 0.5) is 24.7 Å². The van der Waals surface area contributed by atoms with E-state index in [9.17, 15) is 14.0 Å². The average Bonchev–Trinajstić information content (AvgIpc) is 3.56. The monoisotopic (exact) mass is 574 g/mol. The minimum atomic E-state index is -2.82. The number of benzene rings is 1. The summed E-state index contributed by atoms with van der Waals surface area (Å²) in [6.07, 6.45) is -0.356. The number of nitriles is 1. The number of alkyl halides is 2. The summed E-state index contributed by atoms with van der Waals surface area (Å²) in [5.74, 6) is 0.0364. The molecule has 0 unspecified atom stereocenters. The summed E-state index contributed by atoms with van der Waals surface area (Å²) in [6.45, 7) is 4.24. The van der Waals surface area contributed by atoms with E-state index in [2.05, 4.69) is 35.5 Å². The Morgan fingerprint density at radius 3 is 2.69 bits per heavy atom. The summed E-state index contributed by atoms with van der Waals surface area (Å²) in [7, 11) is 1.71. The number of anilines is 2. The summed E-state index contributed by atoms with van der Waals surface area (Å²) in [6, 6.07) is 12.6. The van der Waals surface area contributed by atoms with Gasteiger partial charge in [0.1, 0.15) is 29.7 Å². The molecule has 42 heavy (non-hydrogen) atoms. The quantitative estimate of drug-likeness (QED) is 0.275. The van der Waals surface area contributed by atoms with Gasteiger partial charge in [0.15, 0.2) is 11.6 Å². The first-order valence-electron chi connectivity index (χ1n) is 13.1. The predicted octanol–water partition coefficient (Wildman–Crippen LogP) is 4.27. The molecule has 14 heteroatoms. The Kier molecular flexibility index (Phi) is 7.27. The Hall–Kier alpha value is -4.87. The molecule has 1 aromatic carbocycles. The Balaban J connectivity index is 1.27. The van der Waals surface area contributed by atoms with Crippen LogP contribution in [0.3, 0.4) is 0 Å². The van der Waals surface area contributed by atoms with Crippen LogP contribution in [0.1, 0.15) is 29.1 Å². The van der Waals surface area contributed by atoms with E-state index in [1.807, 2.05) is 12.1 Å². The van der Waals surface area contributed by atoms with Gasteiger partial charge in [-0.05, 0) is 43.3 Å². The summed E-state index contributed by atoms with van der Waals surface area (Å²) in [4.78, 5) is 11.0. The standard InChI is InChI=1S/C28H25F3N10O/c1-16-9-24(27(30)31)41(38-16)28-17(12-32)3-6-26(35-28)40-15-33-22-10-20(29)21(11-23(22)40)34-25-5-4-18(36-37-25)7-8-39-13-19(14-39)42-2/h3-6,9-11,15,19,27H,7-8,13-14H2,1-2H3,(H,34,37). The Bertz CT molecular complexity index is 1790. The number of imidazole rings is 1. The lowest BCUT2D eigenvalue weighted by Crippen LogP contribution is -2.52. The SMILES string of the molecule is COC1CN(CCc2ccc(Nc3cc4c(cc3F)ncn4-c3ccc(C#N)c(-n4nc(C)cc4C(F)F)n3)nn2)C1. The predicted molar refractivity (Wildman–Crippen MR) is 147 cm³/mol. The molecule has 0 aliphatic carbocycles. The number of aromatic nitrogens is 7. The molecule has 0 radical (unpaired) electrons. The van der Waals surface area contributed by atoms with Gasteiger partial charge in [0.25, 0.3) is 6.43 Å². The van der Waals surface area contributed by atoms with Crippen molar-refractivity contribution in [1.82, 2.24) is 39.4 Å². The molecule has 214 valence electrons. The lowest BCUT2D eigenvalue weighted by molar-refractivity contribution is -0.0285. The third-order valence-electron chi connectivity index (χ3n) is 7.07. The first-order valence-corrected chi connectivity index (χ1v) is 13.1. The number of methoxy groups -OCH3 is 1. The molecule has 5 aromatic rings. The molecule has 0 atom stereocenters. The van der Waals surface area contributed by atoms with Crippen molar-refractivity contribution in [2.75, 3.05) is 32.1 Å². The van der Waals surface area contributed by atoms with Crippen molar-refractivity contribution >= 4 is 22.5 Å². The van der Waals surface area contributed by atoms with Gasteiger partial charge in [0.2, 0.25) is 0 Å². The van der Waals surface area contributed by atoms with Gasteiger partial charge in [-0.15, -0.1) is 5.10 Å². The van der Waals surface area contributed by atoms with E-state index in [-0.39, 0.29) is 28.6 Å². The molecule has 4 aromatic heterocycles. The molecular weight excluding hydrogens is 549 g/mol. The summed E-state index contributed by atoms with van der Waals surface area (Å²) < 4.78 is 50.2. The van der Waals surface area contributed by atoms with Gasteiger partial charge in [0, 0.05) is 39.2 Å². The topological polar surface area (TPSA) is 123 Å². The zero-order valence-electron chi connectivity index (χ0n) is 22.7. The molecule has 1 saturated heterocycles. The maximum atomic E-state index is 15.0. The number of fused-ring (bicyclic) bond motifs is 1. The summed E-state index contributed by atoms with van der Waals surface area (Å²) >= 11 is 0. The van der Waals surface area contributed by atoms with Crippen LogP contribution in [-0.2, 0) is 11.2 Å². The van der Waals surface area contributed by atoms with Crippen molar-refractivity contribution < 1.29 is 17.9 Å². The zero-order valence-corrected chi connectivity index (χ0v) is 22.7. The highest BCUT2D eigenvalue weighted by Gasteiger charge is 2.25. The van der Waals surface area contributed by atoms with Crippen molar-refractivity contribution in [3.63, 3.8) is 0 Å². The minimum Gasteiger partial charge on any atom is -0.379 e. The van der Waals surface area contributed by atoms with Crippen molar-refractivity contribution in [3.8, 4) is 17.7 Å². The fourth-order valence-corrected chi connectivity index (χ4v) is 4.80. The number of hydrogen-bond donors (Lipinski definition) is 1. The van der Waals surface area contributed by atoms with Gasteiger partial charge in [-0.2, -0.15) is 15.5 Å². The molecule has 0 spiro atoms. The third kappa shape index (κ3) is 5.27. The Morgan fingerprint density at radius 2 is 1.98 bits per heavy atom. The normalized spacial score (nSPS) is 13.9. The van der Waals surface area contributed by atoms with Crippen molar-refractivity contribution in [1.29, 1.82) is 5.26 Å². The molecular formula is C28H25F3N10O. The third-order valence-corrected chi connectivity index (χ3v) is 7.07. The number of rotatable bonds is 9. The summed E-state index contributed by atoms with van der Waals surface area (Å²) in [5.41, 5.74) is 1.82. The molecule has 0 saturated carbocycles. The van der Waals surface area contributed by atoms with Crippen LogP contribution >= 0.6 is 0 Å². The second-order valence-electron chi connectivity index (χ2n) is 9.91. The highest BCUT2D eigenvalue weighted by molar-refractivity contribution is 5.82.